The third-order valence-corrected chi connectivity index (χ3v) is 4.33. The van der Waals surface area contributed by atoms with Crippen molar-refractivity contribution in [3.8, 4) is 0 Å². The van der Waals surface area contributed by atoms with Crippen LogP contribution in [0.5, 0.6) is 0 Å². The molecular formula is C11H15N5O4S. The maximum absolute atomic E-state index is 12.2. The van der Waals surface area contributed by atoms with Gasteiger partial charge in [0.05, 0.1) is 25.0 Å². The molecule has 2 fully saturated rings. The standard InChI is InChI=1S/C11H15N5O4S/c17-9(15-3-4-20-5-8(15)10(18)19)6-21-11-12-13-14-16(11)7-1-2-7/h7-8H,1-6H2,(H,18,19). The van der Waals surface area contributed by atoms with E-state index >= 15 is 0 Å². The fourth-order valence-electron chi connectivity index (χ4n) is 2.14. The van der Waals surface area contributed by atoms with Gasteiger partial charge in [-0.3, -0.25) is 4.79 Å². The maximum atomic E-state index is 12.2. The first-order valence-electron chi connectivity index (χ1n) is 6.67. The predicted octanol–water partition coefficient (Wildman–Crippen LogP) is -0.588. The molecule has 10 heteroatoms. The lowest BCUT2D eigenvalue weighted by molar-refractivity contribution is -0.157. The van der Waals surface area contributed by atoms with E-state index in [1.165, 1.54) is 16.7 Å². The highest BCUT2D eigenvalue weighted by Gasteiger charge is 2.33. The van der Waals surface area contributed by atoms with E-state index in [9.17, 15) is 9.59 Å². The lowest BCUT2D eigenvalue weighted by Gasteiger charge is -2.32. The van der Waals surface area contributed by atoms with Crippen molar-refractivity contribution in [1.29, 1.82) is 0 Å². The number of aliphatic carboxylic acids is 1. The summed E-state index contributed by atoms with van der Waals surface area (Å²) >= 11 is 1.24. The Morgan fingerprint density at radius 1 is 1.43 bits per heavy atom. The Hall–Kier alpha value is -1.68. The molecule has 1 aliphatic heterocycles. The molecule has 2 heterocycles. The Bertz CT molecular complexity index is 546. The van der Waals surface area contributed by atoms with E-state index in [1.54, 1.807) is 4.68 Å². The number of tetrazole rings is 1. The van der Waals surface area contributed by atoms with Gasteiger partial charge in [-0.25, -0.2) is 9.48 Å². The molecular weight excluding hydrogens is 298 g/mol. The fraction of sp³-hybridized carbons (Fsp3) is 0.727. The number of aromatic nitrogens is 4. The first-order valence-corrected chi connectivity index (χ1v) is 7.66. The zero-order chi connectivity index (χ0) is 14.8. The molecule has 0 bridgehead atoms. The number of hydrogen-bond acceptors (Lipinski definition) is 7. The van der Waals surface area contributed by atoms with E-state index in [2.05, 4.69) is 15.5 Å². The molecule has 21 heavy (non-hydrogen) atoms. The minimum Gasteiger partial charge on any atom is -0.480 e. The highest BCUT2D eigenvalue weighted by Crippen LogP contribution is 2.36. The number of amides is 1. The topological polar surface area (TPSA) is 110 Å². The van der Waals surface area contributed by atoms with Crippen LogP contribution in [0.2, 0.25) is 0 Å². The molecule has 1 unspecified atom stereocenters. The molecule has 1 aromatic rings. The number of nitrogens with zero attached hydrogens (tertiary/aromatic N) is 5. The van der Waals surface area contributed by atoms with E-state index in [1.807, 2.05) is 0 Å². The lowest BCUT2D eigenvalue weighted by Crippen LogP contribution is -2.53. The molecule has 9 nitrogen and oxygen atoms in total. The molecule has 1 saturated carbocycles. The van der Waals surface area contributed by atoms with E-state index in [0.29, 0.717) is 24.3 Å². The summed E-state index contributed by atoms with van der Waals surface area (Å²) in [6, 6.07) is -0.570. The van der Waals surface area contributed by atoms with Crippen LogP contribution >= 0.6 is 11.8 Å². The zero-order valence-electron chi connectivity index (χ0n) is 11.2. The summed E-state index contributed by atoms with van der Waals surface area (Å²) in [5.74, 6) is -1.16. The first-order chi connectivity index (χ1) is 10.2. The van der Waals surface area contributed by atoms with Gasteiger partial charge in [-0.1, -0.05) is 11.8 Å². The summed E-state index contributed by atoms with van der Waals surface area (Å²) in [6.45, 7) is 0.690. The number of carbonyl (C=O) groups is 2. The third-order valence-electron chi connectivity index (χ3n) is 3.41. The summed E-state index contributed by atoms with van der Waals surface area (Å²) in [7, 11) is 0. The van der Waals surface area contributed by atoms with Crippen molar-refractivity contribution in [1.82, 2.24) is 25.1 Å². The second-order valence-electron chi connectivity index (χ2n) is 4.94. The zero-order valence-corrected chi connectivity index (χ0v) is 12.0. The van der Waals surface area contributed by atoms with Crippen molar-refractivity contribution in [2.24, 2.45) is 0 Å². The second kappa shape index (κ2) is 5.98. The average Bonchev–Trinajstić information content (AvgIpc) is 3.23. The number of morpholine rings is 1. The number of ether oxygens (including phenoxy) is 1. The fourth-order valence-corrected chi connectivity index (χ4v) is 2.98. The molecule has 1 aliphatic carbocycles. The third kappa shape index (κ3) is 3.16. The number of rotatable bonds is 5. The highest BCUT2D eigenvalue weighted by atomic mass is 32.2. The van der Waals surface area contributed by atoms with Gasteiger partial charge < -0.3 is 14.7 Å². The van der Waals surface area contributed by atoms with Crippen molar-refractivity contribution < 1.29 is 19.4 Å². The van der Waals surface area contributed by atoms with E-state index in [4.69, 9.17) is 9.84 Å². The van der Waals surface area contributed by atoms with E-state index in [0.717, 1.165) is 12.8 Å². The van der Waals surface area contributed by atoms with Gasteiger partial charge in [-0.2, -0.15) is 0 Å². The Kier molecular flexibility index (Phi) is 4.06. The number of thioether (sulfide) groups is 1. The van der Waals surface area contributed by atoms with Crippen LogP contribution in [0.4, 0.5) is 0 Å². The largest absolute Gasteiger partial charge is 0.480 e. The lowest BCUT2D eigenvalue weighted by atomic mass is 10.2. The van der Waals surface area contributed by atoms with Crippen LogP contribution in [-0.2, 0) is 14.3 Å². The molecule has 1 atom stereocenters. The van der Waals surface area contributed by atoms with Crippen LogP contribution in [0.25, 0.3) is 0 Å². The van der Waals surface area contributed by atoms with Gasteiger partial charge >= 0.3 is 5.97 Å². The Labute approximate surface area is 124 Å². The van der Waals surface area contributed by atoms with Crippen molar-refractivity contribution >= 4 is 23.6 Å². The summed E-state index contributed by atoms with van der Waals surface area (Å²) in [5.41, 5.74) is 0. The van der Waals surface area contributed by atoms with Crippen LogP contribution < -0.4 is 0 Å². The average molecular weight is 313 g/mol. The highest BCUT2D eigenvalue weighted by molar-refractivity contribution is 7.99. The number of carboxylic acid groups (broad SMARTS) is 1. The van der Waals surface area contributed by atoms with E-state index in [-0.39, 0.29) is 18.3 Å². The van der Waals surface area contributed by atoms with Crippen molar-refractivity contribution in [2.75, 3.05) is 25.5 Å². The minimum absolute atomic E-state index is 0.0333. The van der Waals surface area contributed by atoms with Gasteiger partial charge in [0.2, 0.25) is 11.1 Å². The summed E-state index contributed by atoms with van der Waals surface area (Å²) < 4.78 is 6.84. The summed E-state index contributed by atoms with van der Waals surface area (Å²) in [4.78, 5) is 24.7. The molecule has 1 saturated heterocycles. The maximum Gasteiger partial charge on any atom is 0.328 e. The minimum atomic E-state index is -1.05. The molecule has 1 aromatic heterocycles. The molecule has 1 N–H and O–H groups in total. The van der Waals surface area contributed by atoms with Gasteiger partial charge in [-0.05, 0) is 23.3 Å². The molecule has 0 radical (unpaired) electrons. The van der Waals surface area contributed by atoms with Crippen LogP contribution in [0.15, 0.2) is 5.16 Å². The summed E-state index contributed by atoms with van der Waals surface area (Å²) in [6.07, 6.45) is 2.11. The van der Waals surface area contributed by atoms with Gasteiger partial charge in [0, 0.05) is 6.54 Å². The van der Waals surface area contributed by atoms with Crippen molar-refractivity contribution in [3.05, 3.63) is 0 Å². The van der Waals surface area contributed by atoms with Crippen LogP contribution in [0.1, 0.15) is 18.9 Å². The summed E-state index contributed by atoms with van der Waals surface area (Å²) in [5, 5.41) is 21.1. The molecule has 3 rings (SSSR count). The van der Waals surface area contributed by atoms with Gasteiger partial charge in [0.1, 0.15) is 0 Å². The SMILES string of the molecule is O=C(O)C1COCCN1C(=O)CSc1nnnn1C1CC1. The van der Waals surface area contributed by atoms with Crippen molar-refractivity contribution in [3.63, 3.8) is 0 Å². The number of carboxylic acids is 1. The Morgan fingerprint density at radius 2 is 2.24 bits per heavy atom. The molecule has 1 amide bonds. The van der Waals surface area contributed by atoms with Crippen LogP contribution in [0.3, 0.4) is 0 Å². The van der Waals surface area contributed by atoms with Gasteiger partial charge in [0.25, 0.3) is 0 Å². The Morgan fingerprint density at radius 3 is 2.95 bits per heavy atom. The van der Waals surface area contributed by atoms with Gasteiger partial charge in [-0.15, -0.1) is 5.10 Å². The molecule has 0 spiro atoms. The van der Waals surface area contributed by atoms with Crippen molar-refractivity contribution in [2.45, 2.75) is 30.1 Å². The van der Waals surface area contributed by atoms with Crippen LogP contribution in [-0.4, -0.2) is 73.6 Å². The quantitative estimate of drug-likeness (QED) is 0.718. The van der Waals surface area contributed by atoms with Crippen LogP contribution in [0, 0.1) is 0 Å². The normalized spacial score (nSPS) is 22.3. The predicted molar refractivity (Wildman–Crippen MR) is 70.8 cm³/mol. The second-order valence-corrected chi connectivity index (χ2v) is 5.88. The van der Waals surface area contributed by atoms with E-state index < -0.39 is 12.0 Å². The molecule has 0 aromatic carbocycles. The monoisotopic (exact) mass is 313 g/mol. The number of hydrogen-bond donors (Lipinski definition) is 1. The Balaban J connectivity index is 1.60. The number of carbonyl (C=O) groups excluding carboxylic acids is 1. The molecule has 2 aliphatic rings. The van der Waals surface area contributed by atoms with Gasteiger partial charge in [0.15, 0.2) is 6.04 Å². The molecule has 114 valence electrons. The smallest absolute Gasteiger partial charge is 0.328 e. The first kappa shape index (κ1) is 14.3.